The van der Waals surface area contributed by atoms with E-state index in [4.69, 9.17) is 6.42 Å². The maximum Gasteiger partial charge on any atom is 0.115 e. The van der Waals surface area contributed by atoms with Crippen molar-refractivity contribution in [1.82, 2.24) is 0 Å². The van der Waals surface area contributed by atoms with Gasteiger partial charge in [0.1, 0.15) is 5.76 Å². The molecular weight excluding hydrogens is 284 g/mol. The molecule has 1 aromatic carbocycles. The van der Waals surface area contributed by atoms with Crippen LogP contribution in [0.3, 0.4) is 0 Å². The Labute approximate surface area is 139 Å². The fraction of sp³-hybridized carbons (Fsp3) is 0.333. The zero-order chi connectivity index (χ0) is 17.2. The molecule has 122 valence electrons. The van der Waals surface area contributed by atoms with Crippen LogP contribution in [0.15, 0.2) is 48.3 Å². The summed E-state index contributed by atoms with van der Waals surface area (Å²) in [6.45, 7) is 7.71. The summed E-state index contributed by atoms with van der Waals surface area (Å²) in [6.07, 6.45) is 13.3. The second-order valence-corrected chi connectivity index (χ2v) is 5.76. The Kier molecular flexibility index (Phi) is 7.77. The van der Waals surface area contributed by atoms with E-state index in [1.807, 2.05) is 25.1 Å². The highest BCUT2D eigenvalue weighted by Gasteiger charge is 2.08. The second kappa shape index (κ2) is 9.58. The minimum Gasteiger partial charge on any atom is -0.512 e. The topological polar surface area (TPSA) is 40.5 Å². The van der Waals surface area contributed by atoms with Crippen LogP contribution in [0.25, 0.3) is 5.76 Å². The van der Waals surface area contributed by atoms with Crippen LogP contribution in [-0.4, -0.2) is 10.2 Å². The van der Waals surface area contributed by atoms with E-state index in [-0.39, 0.29) is 11.5 Å². The SMILES string of the molecule is C#C/C=C(\C=C(\O)Cc1cc(C)ccc1C(=C)O)CCCCC. The molecule has 1 rings (SSSR count). The van der Waals surface area contributed by atoms with E-state index >= 15 is 0 Å². The Morgan fingerprint density at radius 3 is 2.65 bits per heavy atom. The summed E-state index contributed by atoms with van der Waals surface area (Å²) in [5, 5.41) is 20.0. The van der Waals surface area contributed by atoms with Crippen LogP contribution in [0.5, 0.6) is 0 Å². The van der Waals surface area contributed by atoms with Gasteiger partial charge >= 0.3 is 0 Å². The fourth-order valence-corrected chi connectivity index (χ4v) is 2.48. The summed E-state index contributed by atoms with van der Waals surface area (Å²) < 4.78 is 0. The molecule has 0 aliphatic carbocycles. The monoisotopic (exact) mass is 310 g/mol. The number of aryl methyl sites for hydroxylation is 1. The molecule has 0 aliphatic rings. The third-order valence-electron chi connectivity index (χ3n) is 3.63. The summed E-state index contributed by atoms with van der Waals surface area (Å²) in [4.78, 5) is 0. The summed E-state index contributed by atoms with van der Waals surface area (Å²) in [6, 6.07) is 5.68. The molecule has 0 saturated carbocycles. The Hall–Kier alpha value is -2.40. The normalized spacial score (nSPS) is 12.0. The number of hydrogen-bond acceptors (Lipinski definition) is 2. The van der Waals surface area contributed by atoms with Crippen LogP contribution < -0.4 is 0 Å². The molecule has 0 radical (unpaired) electrons. The molecule has 0 amide bonds. The first-order chi connectivity index (χ1) is 11.0. The molecule has 2 nitrogen and oxygen atoms in total. The van der Waals surface area contributed by atoms with Gasteiger partial charge in [-0.15, -0.1) is 6.42 Å². The van der Waals surface area contributed by atoms with E-state index < -0.39 is 0 Å². The molecule has 0 aromatic heterocycles. The van der Waals surface area contributed by atoms with Gasteiger partial charge in [-0.3, -0.25) is 0 Å². The van der Waals surface area contributed by atoms with Gasteiger partial charge in [0.15, 0.2) is 0 Å². The van der Waals surface area contributed by atoms with Crippen molar-refractivity contribution in [2.45, 2.75) is 46.0 Å². The highest BCUT2D eigenvalue weighted by atomic mass is 16.3. The molecule has 0 spiro atoms. The van der Waals surface area contributed by atoms with E-state index in [9.17, 15) is 10.2 Å². The number of unbranched alkanes of at least 4 members (excludes halogenated alkanes) is 2. The quantitative estimate of drug-likeness (QED) is 0.282. The maximum atomic E-state index is 10.3. The highest BCUT2D eigenvalue weighted by Crippen LogP contribution is 2.21. The summed E-state index contributed by atoms with van der Waals surface area (Å²) in [7, 11) is 0. The Morgan fingerprint density at radius 2 is 2.04 bits per heavy atom. The number of terminal acetylenes is 1. The first-order valence-corrected chi connectivity index (χ1v) is 8.00. The molecule has 0 heterocycles. The smallest absolute Gasteiger partial charge is 0.115 e. The molecular formula is C21H26O2. The van der Waals surface area contributed by atoms with Crippen LogP contribution >= 0.6 is 0 Å². The Balaban J connectivity index is 2.94. The zero-order valence-corrected chi connectivity index (χ0v) is 14.1. The molecule has 0 atom stereocenters. The molecule has 0 fully saturated rings. The van der Waals surface area contributed by atoms with E-state index in [0.29, 0.717) is 12.0 Å². The second-order valence-electron chi connectivity index (χ2n) is 5.76. The summed E-state index contributed by atoms with van der Waals surface area (Å²) in [5.74, 6) is 2.77. The van der Waals surface area contributed by atoms with Crippen LogP contribution in [0.2, 0.25) is 0 Å². The van der Waals surface area contributed by atoms with Crippen molar-refractivity contribution in [3.05, 3.63) is 65.0 Å². The minimum absolute atomic E-state index is 0.00939. The van der Waals surface area contributed by atoms with Crippen molar-refractivity contribution in [3.63, 3.8) is 0 Å². The molecule has 23 heavy (non-hydrogen) atoms. The largest absolute Gasteiger partial charge is 0.512 e. The van der Waals surface area contributed by atoms with Crippen molar-refractivity contribution in [3.8, 4) is 12.3 Å². The molecule has 2 N–H and O–H groups in total. The van der Waals surface area contributed by atoms with E-state index in [1.54, 1.807) is 12.2 Å². The fourth-order valence-electron chi connectivity index (χ4n) is 2.48. The zero-order valence-electron chi connectivity index (χ0n) is 14.1. The number of allylic oxidation sites excluding steroid dienone is 4. The number of hydrogen-bond donors (Lipinski definition) is 2. The highest BCUT2D eigenvalue weighted by molar-refractivity contribution is 5.60. The third kappa shape index (κ3) is 6.48. The lowest BCUT2D eigenvalue weighted by molar-refractivity contribution is 0.397. The maximum absolute atomic E-state index is 10.3. The van der Waals surface area contributed by atoms with Crippen LogP contribution in [0.4, 0.5) is 0 Å². The minimum atomic E-state index is 0.00939. The van der Waals surface area contributed by atoms with Gasteiger partial charge in [-0.2, -0.15) is 0 Å². The van der Waals surface area contributed by atoms with Gasteiger partial charge in [0.2, 0.25) is 0 Å². The van der Waals surface area contributed by atoms with E-state index in [2.05, 4.69) is 19.4 Å². The third-order valence-corrected chi connectivity index (χ3v) is 3.63. The lowest BCUT2D eigenvalue weighted by Crippen LogP contribution is -1.97. The van der Waals surface area contributed by atoms with Gasteiger partial charge in [-0.1, -0.05) is 56.0 Å². The molecule has 0 saturated heterocycles. The lowest BCUT2D eigenvalue weighted by atomic mass is 9.98. The van der Waals surface area contributed by atoms with Gasteiger partial charge in [0.25, 0.3) is 0 Å². The van der Waals surface area contributed by atoms with E-state index in [0.717, 1.165) is 42.4 Å². The molecule has 0 bridgehead atoms. The molecule has 0 unspecified atom stereocenters. The number of rotatable bonds is 8. The first-order valence-electron chi connectivity index (χ1n) is 8.00. The van der Waals surface area contributed by atoms with Gasteiger partial charge in [0, 0.05) is 12.0 Å². The van der Waals surface area contributed by atoms with Crippen molar-refractivity contribution in [2.75, 3.05) is 0 Å². The average Bonchev–Trinajstić information content (AvgIpc) is 2.47. The van der Waals surface area contributed by atoms with Gasteiger partial charge in [-0.05, 0) is 43.1 Å². The predicted molar refractivity (Wildman–Crippen MR) is 98.3 cm³/mol. The van der Waals surface area contributed by atoms with Gasteiger partial charge < -0.3 is 10.2 Å². The van der Waals surface area contributed by atoms with Gasteiger partial charge in [-0.25, -0.2) is 0 Å². The summed E-state index contributed by atoms with van der Waals surface area (Å²) >= 11 is 0. The van der Waals surface area contributed by atoms with Crippen LogP contribution in [0.1, 0.15) is 49.3 Å². The van der Waals surface area contributed by atoms with Crippen LogP contribution in [0, 0.1) is 19.3 Å². The average molecular weight is 310 g/mol. The predicted octanol–water partition coefficient (Wildman–Crippen LogP) is 5.65. The standard InChI is InChI=1S/C21H26O2/c1-5-7-8-10-18(9-6-2)14-20(23)15-19-13-16(3)11-12-21(19)17(4)22/h2,9,11-14,22-23H,4-5,7-8,10,15H2,1,3H3/b18-9-,20-14+. The van der Waals surface area contributed by atoms with Crippen molar-refractivity contribution in [2.24, 2.45) is 0 Å². The van der Waals surface area contributed by atoms with Crippen molar-refractivity contribution >= 4 is 5.76 Å². The first kappa shape index (κ1) is 18.6. The molecule has 1 aromatic rings. The number of benzene rings is 1. The molecule has 0 aliphatic heterocycles. The number of aliphatic hydroxyl groups is 2. The molecule has 2 heteroatoms. The Bertz CT molecular complexity index is 642. The van der Waals surface area contributed by atoms with E-state index in [1.165, 1.54) is 0 Å². The van der Waals surface area contributed by atoms with Gasteiger partial charge in [0.05, 0.1) is 5.76 Å². The Morgan fingerprint density at radius 1 is 1.30 bits per heavy atom. The van der Waals surface area contributed by atoms with Crippen LogP contribution in [-0.2, 0) is 6.42 Å². The van der Waals surface area contributed by atoms with Crippen molar-refractivity contribution in [1.29, 1.82) is 0 Å². The lowest BCUT2D eigenvalue weighted by Gasteiger charge is -2.10. The van der Waals surface area contributed by atoms with Crippen molar-refractivity contribution < 1.29 is 10.2 Å². The number of aliphatic hydroxyl groups excluding tert-OH is 2. The summed E-state index contributed by atoms with van der Waals surface area (Å²) in [5.41, 5.74) is 3.53.